The van der Waals surface area contributed by atoms with Crippen LogP contribution < -0.4 is 15.5 Å². The molecule has 3 aliphatic rings. The van der Waals surface area contributed by atoms with Crippen LogP contribution in [-0.2, 0) is 14.3 Å². The molecule has 1 atom stereocenters. The maximum absolute atomic E-state index is 14.2. The largest absolute Gasteiger partial charge is 0.453 e. The van der Waals surface area contributed by atoms with Crippen LogP contribution in [0.3, 0.4) is 0 Å². The van der Waals surface area contributed by atoms with Gasteiger partial charge in [0.1, 0.15) is 17.7 Å². The Morgan fingerprint density at radius 2 is 1.70 bits per heavy atom. The van der Waals surface area contributed by atoms with Gasteiger partial charge in [0.2, 0.25) is 11.9 Å². The highest BCUT2D eigenvalue weighted by molar-refractivity contribution is 5.86. The first-order valence-corrected chi connectivity index (χ1v) is 14.8. The van der Waals surface area contributed by atoms with Crippen LogP contribution in [0.5, 0.6) is 0 Å². The molecule has 43 heavy (non-hydrogen) atoms. The number of methoxy groups -OCH3 is 1. The molecule has 0 radical (unpaired) electrons. The molecule has 14 heteroatoms. The molecule has 230 valence electrons. The van der Waals surface area contributed by atoms with Gasteiger partial charge in [-0.25, -0.2) is 18.6 Å². The van der Waals surface area contributed by atoms with Gasteiger partial charge in [0.25, 0.3) is 6.43 Å². The monoisotopic (exact) mass is 598 g/mol. The quantitative estimate of drug-likeness (QED) is 0.419. The van der Waals surface area contributed by atoms with E-state index < -0.39 is 18.6 Å². The Bertz CT molecular complexity index is 1460. The van der Waals surface area contributed by atoms with Gasteiger partial charge in [0.05, 0.1) is 31.4 Å². The lowest BCUT2D eigenvalue weighted by molar-refractivity contribution is -0.126. The summed E-state index contributed by atoms with van der Waals surface area (Å²) in [6.07, 6.45) is 1.12. The molecule has 0 bridgehead atoms. The molecule has 0 unspecified atom stereocenters. The number of alkyl halides is 2. The molecule has 12 nitrogen and oxygen atoms in total. The van der Waals surface area contributed by atoms with Gasteiger partial charge in [0, 0.05) is 37.8 Å². The topological polar surface area (TPSA) is 127 Å². The van der Waals surface area contributed by atoms with Gasteiger partial charge in [0.15, 0.2) is 5.82 Å². The highest BCUT2D eigenvalue weighted by Gasteiger charge is 2.36. The number of nitrogens with zero attached hydrogens (tertiary/aromatic N) is 6. The third-order valence-corrected chi connectivity index (χ3v) is 8.42. The van der Waals surface area contributed by atoms with Crippen LogP contribution in [-0.4, -0.2) is 94.5 Å². The number of carbonyl (C=O) groups is 2. The van der Waals surface area contributed by atoms with E-state index in [1.807, 2.05) is 0 Å². The number of para-hydroxylation sites is 2. The summed E-state index contributed by atoms with van der Waals surface area (Å²) < 4.78 is 40.1. The number of likely N-dealkylation sites (tertiary alicyclic amines) is 1. The van der Waals surface area contributed by atoms with Crippen molar-refractivity contribution in [3.63, 3.8) is 0 Å². The van der Waals surface area contributed by atoms with Gasteiger partial charge >= 0.3 is 6.09 Å². The first kappa shape index (κ1) is 29.0. The third-order valence-electron chi connectivity index (χ3n) is 8.42. The van der Waals surface area contributed by atoms with Gasteiger partial charge in [-0.1, -0.05) is 12.1 Å². The summed E-state index contributed by atoms with van der Waals surface area (Å²) in [5.74, 6) is 0.775. The van der Waals surface area contributed by atoms with Crippen LogP contribution in [0, 0.1) is 0 Å². The number of aromatic nitrogens is 4. The maximum Gasteiger partial charge on any atom is 0.410 e. The number of benzene rings is 1. The van der Waals surface area contributed by atoms with Gasteiger partial charge < -0.3 is 25.0 Å². The molecule has 1 saturated carbocycles. The van der Waals surface area contributed by atoms with Gasteiger partial charge in [-0.2, -0.15) is 9.97 Å². The molecule has 0 spiro atoms. The van der Waals surface area contributed by atoms with Crippen molar-refractivity contribution < 1.29 is 27.8 Å². The first-order chi connectivity index (χ1) is 20.9. The zero-order chi connectivity index (χ0) is 29.9. The van der Waals surface area contributed by atoms with E-state index in [-0.39, 0.29) is 23.8 Å². The minimum absolute atomic E-state index is 0.00674. The van der Waals surface area contributed by atoms with Crippen molar-refractivity contribution in [1.82, 2.24) is 29.7 Å². The number of hydrogen-bond donors (Lipinski definition) is 2. The van der Waals surface area contributed by atoms with Crippen LogP contribution >= 0.6 is 0 Å². The molecule has 1 aromatic carbocycles. The molecule has 2 aromatic heterocycles. The van der Waals surface area contributed by atoms with E-state index in [0.717, 1.165) is 32.1 Å². The zero-order valence-corrected chi connectivity index (χ0v) is 24.0. The minimum atomic E-state index is -2.79. The number of morpholine rings is 1. The van der Waals surface area contributed by atoms with Crippen molar-refractivity contribution in [3.8, 4) is 5.82 Å². The number of halogens is 2. The van der Waals surface area contributed by atoms with Gasteiger partial charge in [-0.15, -0.1) is 0 Å². The molecule has 1 aliphatic carbocycles. The molecule has 3 aromatic rings. The second-order valence-corrected chi connectivity index (χ2v) is 11.1. The van der Waals surface area contributed by atoms with E-state index in [2.05, 4.69) is 20.5 Å². The molecule has 2 N–H and O–H groups in total. The van der Waals surface area contributed by atoms with E-state index in [4.69, 9.17) is 19.4 Å². The van der Waals surface area contributed by atoms with Crippen LogP contribution in [0.15, 0.2) is 30.3 Å². The Morgan fingerprint density at radius 1 is 0.977 bits per heavy atom. The Labute approximate surface area is 247 Å². The molecule has 2 aliphatic heterocycles. The highest BCUT2D eigenvalue weighted by Crippen LogP contribution is 2.30. The SMILES string of the molecule is COC(=O)N1CCC[C@@H]1C(=O)NC1CCC(Nc2nc(N3CCOCC3)cc(-n3c(C(F)F)nc4ccccc43)n2)CC1. The number of fused-ring (bicyclic) bond motifs is 1. The number of carbonyl (C=O) groups excluding carboxylic acids is 2. The van der Waals surface area contributed by atoms with Crippen molar-refractivity contribution in [2.75, 3.05) is 50.2 Å². The fraction of sp³-hybridized carbons (Fsp3) is 0.552. The molecule has 2 amide bonds. The molecule has 2 saturated heterocycles. The van der Waals surface area contributed by atoms with Crippen molar-refractivity contribution in [2.45, 2.75) is 63.1 Å². The maximum atomic E-state index is 14.2. The van der Waals surface area contributed by atoms with Crippen LogP contribution in [0.1, 0.15) is 50.8 Å². The van der Waals surface area contributed by atoms with E-state index in [1.54, 1.807) is 30.3 Å². The summed E-state index contributed by atoms with van der Waals surface area (Å²) in [6, 6.07) is 8.26. The number of nitrogens with one attached hydrogen (secondary N) is 2. The number of hydrogen-bond acceptors (Lipinski definition) is 9. The molecular weight excluding hydrogens is 562 g/mol. The average Bonchev–Trinajstić information content (AvgIpc) is 3.68. The van der Waals surface area contributed by atoms with Crippen LogP contribution in [0.2, 0.25) is 0 Å². The Hall–Kier alpha value is -4.07. The Morgan fingerprint density at radius 3 is 2.44 bits per heavy atom. The fourth-order valence-electron chi connectivity index (χ4n) is 6.22. The zero-order valence-electron chi connectivity index (χ0n) is 24.0. The van der Waals surface area contributed by atoms with Crippen molar-refractivity contribution in [2.24, 2.45) is 0 Å². The van der Waals surface area contributed by atoms with Crippen LogP contribution in [0.25, 0.3) is 16.9 Å². The summed E-state index contributed by atoms with van der Waals surface area (Å²) >= 11 is 0. The first-order valence-electron chi connectivity index (χ1n) is 14.8. The average molecular weight is 599 g/mol. The Balaban J connectivity index is 1.19. The number of amides is 2. The highest BCUT2D eigenvalue weighted by atomic mass is 19.3. The predicted octanol–water partition coefficient (Wildman–Crippen LogP) is 3.66. The predicted molar refractivity (Wildman–Crippen MR) is 155 cm³/mol. The van der Waals surface area contributed by atoms with Crippen molar-refractivity contribution in [1.29, 1.82) is 0 Å². The Kier molecular flexibility index (Phi) is 8.54. The molecule has 3 fully saturated rings. The smallest absolute Gasteiger partial charge is 0.410 e. The second kappa shape index (κ2) is 12.7. The van der Waals surface area contributed by atoms with Crippen molar-refractivity contribution >= 4 is 34.8 Å². The summed E-state index contributed by atoms with van der Waals surface area (Å²) in [4.78, 5) is 42.2. The molecular formula is C29H36F2N8O4. The fourth-order valence-corrected chi connectivity index (χ4v) is 6.22. The van der Waals surface area contributed by atoms with Gasteiger partial charge in [-0.05, 0) is 50.7 Å². The number of anilines is 2. The molecule has 4 heterocycles. The standard InChI is InChI=1S/C29H36F2N8O4/c1-42-29(41)38-12-4-7-22(38)27(40)32-18-8-10-19(11-9-18)33-28-35-23(37-13-15-43-16-14-37)17-24(36-28)39-21-6-3-2-5-20(21)34-26(39)25(30)31/h2-3,5-6,17-19,22,25H,4,7-16H2,1H3,(H,32,40)(H,33,35,36)/t18?,19?,22-/m1/s1. The number of ether oxygens (including phenoxy) is 2. The summed E-state index contributed by atoms with van der Waals surface area (Å²) in [7, 11) is 1.32. The summed E-state index contributed by atoms with van der Waals surface area (Å²) in [5, 5.41) is 6.56. The second-order valence-electron chi connectivity index (χ2n) is 11.1. The van der Waals surface area contributed by atoms with Crippen molar-refractivity contribution in [3.05, 3.63) is 36.2 Å². The normalized spacial score (nSPS) is 22.7. The number of imidazole rings is 1. The van der Waals surface area contributed by atoms with E-state index in [0.29, 0.717) is 67.9 Å². The van der Waals surface area contributed by atoms with Crippen LogP contribution in [0.4, 0.5) is 25.3 Å². The van der Waals surface area contributed by atoms with E-state index in [9.17, 15) is 18.4 Å². The number of rotatable bonds is 7. The summed E-state index contributed by atoms with van der Waals surface area (Å²) in [6.45, 7) is 2.86. The molecule has 6 rings (SSSR count). The summed E-state index contributed by atoms with van der Waals surface area (Å²) in [5.41, 5.74) is 1.01. The van der Waals surface area contributed by atoms with E-state index in [1.165, 1.54) is 16.6 Å². The lowest BCUT2D eigenvalue weighted by Crippen LogP contribution is -2.50. The lowest BCUT2D eigenvalue weighted by Gasteiger charge is -2.32. The van der Waals surface area contributed by atoms with Gasteiger partial charge in [-0.3, -0.25) is 14.3 Å². The third kappa shape index (κ3) is 6.19. The van der Waals surface area contributed by atoms with E-state index >= 15 is 0 Å². The lowest BCUT2D eigenvalue weighted by atomic mass is 9.91. The minimum Gasteiger partial charge on any atom is -0.453 e.